The minimum absolute atomic E-state index is 0.192. The lowest BCUT2D eigenvalue weighted by Gasteiger charge is -2.44. The molecule has 2 fully saturated rings. The van der Waals surface area contributed by atoms with Gasteiger partial charge in [-0.05, 0) is 44.4 Å². The average molecular weight is 277 g/mol. The van der Waals surface area contributed by atoms with Gasteiger partial charge in [-0.1, -0.05) is 32.6 Å². The lowest BCUT2D eigenvalue weighted by Crippen LogP contribution is -2.62. The van der Waals surface area contributed by atoms with Crippen LogP contribution in [0.15, 0.2) is 4.99 Å². The van der Waals surface area contributed by atoms with Gasteiger partial charge in [0.1, 0.15) is 5.84 Å². The molecule has 3 rings (SSSR count). The van der Waals surface area contributed by atoms with Crippen molar-refractivity contribution in [1.29, 1.82) is 0 Å². The van der Waals surface area contributed by atoms with Crippen LogP contribution in [0, 0.1) is 5.92 Å². The Hall–Kier alpha value is -0.570. The SMILES string of the molecule is CC1CCC2(CC1)NCCN=C2NC1CCCCCC1. The average Bonchev–Trinajstić information content (AvgIpc) is 2.73. The molecule has 1 heterocycles. The summed E-state index contributed by atoms with van der Waals surface area (Å²) in [5, 5.41) is 7.68. The minimum Gasteiger partial charge on any atom is -0.370 e. The molecule has 20 heavy (non-hydrogen) atoms. The van der Waals surface area contributed by atoms with Crippen molar-refractivity contribution in [3.8, 4) is 0 Å². The fourth-order valence-electron chi connectivity index (χ4n) is 4.17. The summed E-state index contributed by atoms with van der Waals surface area (Å²) in [6.45, 7) is 4.40. The number of hydrogen-bond donors (Lipinski definition) is 2. The first kappa shape index (κ1) is 14.4. The van der Waals surface area contributed by atoms with Crippen LogP contribution in [-0.4, -0.2) is 30.5 Å². The maximum Gasteiger partial charge on any atom is 0.117 e. The Morgan fingerprint density at radius 1 is 1.05 bits per heavy atom. The molecule has 3 heteroatoms. The van der Waals surface area contributed by atoms with Gasteiger partial charge in [-0.15, -0.1) is 0 Å². The van der Waals surface area contributed by atoms with E-state index in [1.165, 1.54) is 70.0 Å². The van der Waals surface area contributed by atoms with Crippen molar-refractivity contribution in [2.75, 3.05) is 13.1 Å². The monoisotopic (exact) mass is 277 g/mol. The van der Waals surface area contributed by atoms with Gasteiger partial charge in [0.15, 0.2) is 0 Å². The zero-order valence-corrected chi connectivity index (χ0v) is 13.1. The Morgan fingerprint density at radius 3 is 2.45 bits per heavy atom. The molecule has 0 bridgehead atoms. The van der Waals surface area contributed by atoms with Crippen molar-refractivity contribution >= 4 is 5.84 Å². The van der Waals surface area contributed by atoms with E-state index in [1.807, 2.05) is 0 Å². The van der Waals surface area contributed by atoms with Crippen molar-refractivity contribution in [1.82, 2.24) is 10.6 Å². The molecular weight excluding hydrogens is 246 g/mol. The third-order valence-corrected chi connectivity index (χ3v) is 5.62. The molecule has 0 saturated heterocycles. The molecule has 0 aromatic carbocycles. The predicted molar refractivity (Wildman–Crippen MR) is 85.3 cm³/mol. The molecule has 0 radical (unpaired) electrons. The smallest absolute Gasteiger partial charge is 0.117 e. The topological polar surface area (TPSA) is 36.4 Å². The van der Waals surface area contributed by atoms with Crippen molar-refractivity contribution in [2.24, 2.45) is 10.9 Å². The predicted octanol–water partition coefficient (Wildman–Crippen LogP) is 3.25. The zero-order chi connectivity index (χ0) is 13.8. The number of rotatable bonds is 1. The van der Waals surface area contributed by atoms with E-state index in [0.717, 1.165) is 19.0 Å². The van der Waals surface area contributed by atoms with Crippen LogP contribution in [0.25, 0.3) is 0 Å². The van der Waals surface area contributed by atoms with Crippen LogP contribution in [-0.2, 0) is 0 Å². The van der Waals surface area contributed by atoms with Gasteiger partial charge >= 0.3 is 0 Å². The van der Waals surface area contributed by atoms with Crippen molar-refractivity contribution in [3.63, 3.8) is 0 Å². The van der Waals surface area contributed by atoms with Crippen molar-refractivity contribution in [3.05, 3.63) is 0 Å². The molecule has 3 nitrogen and oxygen atoms in total. The van der Waals surface area contributed by atoms with Crippen LogP contribution in [0.1, 0.15) is 71.1 Å². The number of amidine groups is 1. The van der Waals surface area contributed by atoms with E-state index in [4.69, 9.17) is 4.99 Å². The summed E-state index contributed by atoms with van der Waals surface area (Å²) in [7, 11) is 0. The Balaban J connectivity index is 1.67. The van der Waals surface area contributed by atoms with E-state index in [0.29, 0.717) is 6.04 Å². The summed E-state index contributed by atoms with van der Waals surface area (Å²) in [6.07, 6.45) is 13.5. The first-order valence-electron chi connectivity index (χ1n) is 8.85. The normalized spacial score (nSPS) is 36.5. The molecule has 3 aliphatic rings. The second-order valence-electron chi connectivity index (χ2n) is 7.25. The second-order valence-corrected chi connectivity index (χ2v) is 7.25. The van der Waals surface area contributed by atoms with Crippen molar-refractivity contribution in [2.45, 2.75) is 82.7 Å². The molecule has 0 amide bonds. The Labute approximate surface area is 124 Å². The third kappa shape index (κ3) is 3.19. The van der Waals surface area contributed by atoms with E-state index >= 15 is 0 Å². The molecule has 2 N–H and O–H groups in total. The molecule has 1 spiro atoms. The molecule has 2 aliphatic carbocycles. The quantitative estimate of drug-likeness (QED) is 0.722. The molecule has 0 aromatic heterocycles. The lowest BCUT2D eigenvalue weighted by atomic mass is 9.75. The number of nitrogens with one attached hydrogen (secondary N) is 2. The summed E-state index contributed by atoms with van der Waals surface area (Å²) in [6, 6.07) is 0.673. The molecule has 114 valence electrons. The van der Waals surface area contributed by atoms with Gasteiger partial charge in [0.2, 0.25) is 0 Å². The van der Waals surface area contributed by atoms with Crippen LogP contribution < -0.4 is 10.6 Å². The van der Waals surface area contributed by atoms with E-state index in [2.05, 4.69) is 17.6 Å². The summed E-state index contributed by atoms with van der Waals surface area (Å²) >= 11 is 0. The third-order valence-electron chi connectivity index (χ3n) is 5.62. The highest BCUT2D eigenvalue weighted by atomic mass is 15.2. The van der Waals surface area contributed by atoms with Gasteiger partial charge in [-0.2, -0.15) is 0 Å². The van der Waals surface area contributed by atoms with Crippen LogP contribution in [0.4, 0.5) is 0 Å². The van der Waals surface area contributed by atoms with Gasteiger partial charge in [-0.3, -0.25) is 4.99 Å². The Kier molecular flexibility index (Phi) is 4.65. The maximum atomic E-state index is 4.90. The highest BCUT2D eigenvalue weighted by Gasteiger charge is 2.40. The standard InChI is InChI=1S/C17H31N3/c1-14-8-10-17(11-9-14)16(18-12-13-19-17)20-15-6-4-2-3-5-7-15/h14-15,19H,2-13H2,1H3,(H,18,20). The minimum atomic E-state index is 0.192. The molecule has 0 aromatic rings. The second kappa shape index (κ2) is 6.46. The number of hydrogen-bond acceptors (Lipinski definition) is 3. The summed E-state index contributed by atoms with van der Waals surface area (Å²) in [5.41, 5.74) is 0.192. The van der Waals surface area contributed by atoms with Crippen LogP contribution >= 0.6 is 0 Å². The van der Waals surface area contributed by atoms with Crippen molar-refractivity contribution < 1.29 is 0 Å². The van der Waals surface area contributed by atoms with Gasteiger partial charge < -0.3 is 10.6 Å². The number of nitrogens with zero attached hydrogens (tertiary/aromatic N) is 1. The van der Waals surface area contributed by atoms with Crippen LogP contribution in [0.3, 0.4) is 0 Å². The lowest BCUT2D eigenvalue weighted by molar-refractivity contribution is 0.248. The first-order chi connectivity index (χ1) is 9.78. The van der Waals surface area contributed by atoms with Crippen LogP contribution in [0.5, 0.6) is 0 Å². The van der Waals surface area contributed by atoms with Gasteiger partial charge in [-0.25, -0.2) is 0 Å². The van der Waals surface area contributed by atoms with Gasteiger partial charge in [0.05, 0.1) is 12.1 Å². The van der Waals surface area contributed by atoms with E-state index in [-0.39, 0.29) is 5.54 Å². The van der Waals surface area contributed by atoms with E-state index in [9.17, 15) is 0 Å². The Morgan fingerprint density at radius 2 is 1.75 bits per heavy atom. The zero-order valence-electron chi connectivity index (χ0n) is 13.1. The maximum absolute atomic E-state index is 4.90. The van der Waals surface area contributed by atoms with Gasteiger partial charge in [0, 0.05) is 12.6 Å². The summed E-state index contributed by atoms with van der Waals surface area (Å²) in [5.74, 6) is 2.20. The van der Waals surface area contributed by atoms with Crippen LogP contribution in [0.2, 0.25) is 0 Å². The fourth-order valence-corrected chi connectivity index (χ4v) is 4.17. The number of aliphatic imine (C=N–C) groups is 1. The molecule has 1 aliphatic heterocycles. The highest BCUT2D eigenvalue weighted by molar-refractivity contribution is 5.92. The highest BCUT2D eigenvalue weighted by Crippen LogP contribution is 2.34. The molecule has 0 unspecified atom stereocenters. The molecule has 0 atom stereocenters. The summed E-state index contributed by atoms with van der Waals surface area (Å²) < 4.78 is 0. The molecule has 2 saturated carbocycles. The largest absolute Gasteiger partial charge is 0.370 e. The summed E-state index contributed by atoms with van der Waals surface area (Å²) in [4.78, 5) is 4.90. The van der Waals surface area contributed by atoms with E-state index in [1.54, 1.807) is 0 Å². The molecular formula is C17H31N3. The fraction of sp³-hybridized carbons (Fsp3) is 0.941. The van der Waals surface area contributed by atoms with Gasteiger partial charge in [0.25, 0.3) is 0 Å². The first-order valence-corrected chi connectivity index (χ1v) is 8.85. The van der Waals surface area contributed by atoms with E-state index < -0.39 is 0 Å². The Bertz CT molecular complexity index is 334.